The third-order valence-electron chi connectivity index (χ3n) is 6.21. The van der Waals surface area contributed by atoms with E-state index in [0.29, 0.717) is 6.42 Å². The molecule has 0 fully saturated rings. The van der Waals surface area contributed by atoms with E-state index in [0.717, 1.165) is 24.8 Å². The Labute approximate surface area is 171 Å². The summed E-state index contributed by atoms with van der Waals surface area (Å²) in [5, 5.41) is 1.26. The normalized spacial score (nSPS) is 13.6. The fraction of sp³-hybridized carbons (Fsp3) is 0.222. The largest absolute Gasteiger partial charge is 0.284 e. The molecule has 0 saturated carbocycles. The molecule has 144 valence electrons. The lowest BCUT2D eigenvalue weighted by Crippen LogP contribution is -2.19. The smallest absolute Gasteiger partial charge is 0.232 e. The molecule has 0 N–H and O–H groups in total. The predicted octanol–water partition coefficient (Wildman–Crippen LogP) is 6.38. The molecular weight excluding hydrogens is 354 g/mol. The molecule has 0 bridgehead atoms. The second kappa shape index (κ2) is 7.71. The average Bonchev–Trinajstić information content (AvgIpc) is 3.13. The molecule has 1 heterocycles. The summed E-state index contributed by atoms with van der Waals surface area (Å²) in [7, 11) is 0. The van der Waals surface area contributed by atoms with Crippen LogP contribution in [0.5, 0.6) is 0 Å². The van der Waals surface area contributed by atoms with E-state index in [-0.39, 0.29) is 11.8 Å². The van der Waals surface area contributed by atoms with Crippen molar-refractivity contribution >= 4 is 16.8 Å². The molecule has 4 aromatic rings. The van der Waals surface area contributed by atoms with E-state index in [2.05, 4.69) is 66.7 Å². The quantitative estimate of drug-likeness (QED) is 0.403. The summed E-state index contributed by atoms with van der Waals surface area (Å²) in [5.74, 6) is 0.257. The number of rotatable bonds is 4. The maximum atomic E-state index is 13.7. The SMILES string of the molecule is O=C(CC(c1ccccc1)c1ccccc1)n1c2c(c3ccccc31)CCCC2. The summed E-state index contributed by atoms with van der Waals surface area (Å²) in [4.78, 5) is 13.7. The van der Waals surface area contributed by atoms with Crippen molar-refractivity contribution < 1.29 is 4.79 Å². The highest BCUT2D eigenvalue weighted by Gasteiger charge is 2.26. The number of carbonyl (C=O) groups is 1. The Morgan fingerprint density at radius 3 is 2.03 bits per heavy atom. The Kier molecular flexibility index (Phi) is 4.77. The molecule has 29 heavy (non-hydrogen) atoms. The first-order valence-electron chi connectivity index (χ1n) is 10.6. The van der Waals surface area contributed by atoms with Crippen LogP contribution in [0.1, 0.15) is 52.4 Å². The molecule has 0 saturated heterocycles. The molecule has 5 rings (SSSR count). The van der Waals surface area contributed by atoms with Crippen LogP contribution >= 0.6 is 0 Å². The van der Waals surface area contributed by atoms with Crippen LogP contribution < -0.4 is 0 Å². The lowest BCUT2D eigenvalue weighted by atomic mass is 9.88. The van der Waals surface area contributed by atoms with Gasteiger partial charge in [0.2, 0.25) is 5.91 Å². The highest BCUT2D eigenvalue weighted by molar-refractivity contribution is 5.96. The fourth-order valence-corrected chi connectivity index (χ4v) is 4.85. The van der Waals surface area contributed by atoms with Gasteiger partial charge in [-0.15, -0.1) is 0 Å². The van der Waals surface area contributed by atoms with Crippen LogP contribution in [0.2, 0.25) is 0 Å². The zero-order valence-corrected chi connectivity index (χ0v) is 16.6. The van der Waals surface area contributed by atoms with Crippen LogP contribution in [0.3, 0.4) is 0 Å². The summed E-state index contributed by atoms with van der Waals surface area (Å²) in [6, 6.07) is 29.2. The van der Waals surface area contributed by atoms with Gasteiger partial charge in [0, 0.05) is 23.4 Å². The molecule has 0 spiro atoms. The zero-order valence-electron chi connectivity index (χ0n) is 16.6. The van der Waals surface area contributed by atoms with E-state index in [4.69, 9.17) is 0 Å². The first-order valence-corrected chi connectivity index (χ1v) is 10.6. The Bertz CT molecular complexity index is 1100. The molecule has 2 heteroatoms. The lowest BCUT2D eigenvalue weighted by molar-refractivity contribution is 0.0899. The molecule has 0 unspecified atom stereocenters. The lowest BCUT2D eigenvalue weighted by Gasteiger charge is -2.20. The summed E-state index contributed by atoms with van der Waals surface area (Å²) in [5.41, 5.74) is 6.08. The predicted molar refractivity (Wildman–Crippen MR) is 119 cm³/mol. The van der Waals surface area contributed by atoms with Crippen molar-refractivity contribution in [2.75, 3.05) is 0 Å². The first-order chi connectivity index (χ1) is 14.3. The molecule has 1 aliphatic carbocycles. The van der Waals surface area contributed by atoms with E-state index < -0.39 is 0 Å². The van der Waals surface area contributed by atoms with Crippen molar-refractivity contribution in [1.82, 2.24) is 4.57 Å². The van der Waals surface area contributed by atoms with Crippen LogP contribution in [0.25, 0.3) is 10.9 Å². The van der Waals surface area contributed by atoms with Gasteiger partial charge in [-0.05, 0) is 48.4 Å². The van der Waals surface area contributed by atoms with E-state index in [1.54, 1.807) is 0 Å². The van der Waals surface area contributed by atoms with Gasteiger partial charge in [0.05, 0.1) is 5.52 Å². The first kappa shape index (κ1) is 17.9. The van der Waals surface area contributed by atoms with Crippen molar-refractivity contribution in [3.8, 4) is 0 Å². The van der Waals surface area contributed by atoms with E-state index in [9.17, 15) is 4.79 Å². The number of hydrogen-bond donors (Lipinski definition) is 0. The van der Waals surface area contributed by atoms with Crippen LogP contribution in [-0.4, -0.2) is 10.5 Å². The second-order valence-electron chi connectivity index (χ2n) is 7.96. The third-order valence-corrected chi connectivity index (χ3v) is 6.21. The highest BCUT2D eigenvalue weighted by Crippen LogP contribution is 2.34. The van der Waals surface area contributed by atoms with Crippen molar-refractivity contribution in [3.05, 3.63) is 107 Å². The molecule has 0 atom stereocenters. The van der Waals surface area contributed by atoms with E-state index in [1.165, 1.54) is 34.2 Å². The van der Waals surface area contributed by atoms with Crippen molar-refractivity contribution in [2.45, 2.75) is 38.0 Å². The van der Waals surface area contributed by atoms with Crippen LogP contribution in [-0.2, 0) is 12.8 Å². The average molecular weight is 380 g/mol. The van der Waals surface area contributed by atoms with Gasteiger partial charge in [-0.2, -0.15) is 0 Å². The van der Waals surface area contributed by atoms with Crippen molar-refractivity contribution in [3.63, 3.8) is 0 Å². The number of para-hydroxylation sites is 1. The number of hydrogen-bond acceptors (Lipinski definition) is 1. The Morgan fingerprint density at radius 1 is 0.759 bits per heavy atom. The van der Waals surface area contributed by atoms with Crippen LogP contribution in [0.15, 0.2) is 84.9 Å². The number of fused-ring (bicyclic) bond motifs is 3. The number of aryl methyl sites for hydroxylation is 1. The maximum absolute atomic E-state index is 13.7. The Morgan fingerprint density at radius 2 is 1.34 bits per heavy atom. The van der Waals surface area contributed by atoms with Crippen LogP contribution in [0.4, 0.5) is 0 Å². The Balaban J connectivity index is 1.58. The number of benzene rings is 3. The molecule has 1 aliphatic rings. The van der Waals surface area contributed by atoms with Gasteiger partial charge < -0.3 is 0 Å². The molecule has 0 aliphatic heterocycles. The monoisotopic (exact) mass is 379 g/mol. The Hall–Kier alpha value is -3.13. The topological polar surface area (TPSA) is 22.0 Å². The van der Waals surface area contributed by atoms with Gasteiger partial charge >= 0.3 is 0 Å². The summed E-state index contributed by atoms with van der Waals surface area (Å²) >= 11 is 0. The third kappa shape index (κ3) is 3.29. The van der Waals surface area contributed by atoms with Gasteiger partial charge in [-0.3, -0.25) is 9.36 Å². The number of carbonyl (C=O) groups excluding carboxylic acids is 1. The highest BCUT2D eigenvalue weighted by atomic mass is 16.2. The maximum Gasteiger partial charge on any atom is 0.232 e. The molecule has 1 aromatic heterocycles. The fourth-order valence-electron chi connectivity index (χ4n) is 4.85. The van der Waals surface area contributed by atoms with Crippen LogP contribution in [0, 0.1) is 0 Å². The summed E-state index contributed by atoms with van der Waals surface area (Å²) < 4.78 is 2.03. The second-order valence-corrected chi connectivity index (χ2v) is 7.96. The summed E-state index contributed by atoms with van der Waals surface area (Å²) in [6.45, 7) is 0. The minimum absolute atomic E-state index is 0.0605. The van der Waals surface area contributed by atoms with E-state index in [1.807, 2.05) is 22.8 Å². The van der Waals surface area contributed by atoms with Gasteiger partial charge in [-0.25, -0.2) is 0 Å². The molecule has 2 nitrogen and oxygen atoms in total. The van der Waals surface area contributed by atoms with Crippen molar-refractivity contribution in [2.24, 2.45) is 0 Å². The molecule has 3 aromatic carbocycles. The minimum atomic E-state index is 0.0605. The van der Waals surface area contributed by atoms with E-state index >= 15 is 0 Å². The van der Waals surface area contributed by atoms with Gasteiger partial charge in [-0.1, -0.05) is 78.9 Å². The molecular formula is C27H25NO. The van der Waals surface area contributed by atoms with Crippen molar-refractivity contribution in [1.29, 1.82) is 0 Å². The van der Waals surface area contributed by atoms with Gasteiger partial charge in [0.15, 0.2) is 0 Å². The number of aromatic nitrogens is 1. The molecule has 0 amide bonds. The number of nitrogens with zero attached hydrogens (tertiary/aromatic N) is 1. The van der Waals surface area contributed by atoms with Gasteiger partial charge in [0.1, 0.15) is 0 Å². The molecule has 0 radical (unpaired) electrons. The summed E-state index contributed by atoms with van der Waals surface area (Å²) in [6.07, 6.45) is 4.93. The zero-order chi connectivity index (χ0) is 19.6. The van der Waals surface area contributed by atoms with Gasteiger partial charge in [0.25, 0.3) is 0 Å². The standard InChI is InChI=1S/C27H25NO/c29-27(19-24(20-11-3-1-4-12-20)21-13-5-2-6-14-21)28-25-17-9-7-15-22(25)23-16-8-10-18-26(23)28/h1-7,9,11-15,17,24H,8,10,16,18-19H2. The minimum Gasteiger partial charge on any atom is -0.284 e.